The maximum absolute atomic E-state index is 12.9. The quantitative estimate of drug-likeness (QED) is 0.621. The number of likely N-dealkylation sites (tertiary alicyclic amines) is 1. The molecule has 2 aromatic carbocycles. The number of hydrogen-bond acceptors (Lipinski definition) is 3. The predicted molar refractivity (Wildman–Crippen MR) is 126 cm³/mol. The topological polar surface area (TPSA) is 90.5 Å². The van der Waals surface area contributed by atoms with E-state index in [1.54, 1.807) is 23.1 Å². The molecule has 0 bridgehead atoms. The van der Waals surface area contributed by atoms with Crippen LogP contribution in [-0.2, 0) is 16.0 Å². The molecule has 0 aromatic heterocycles. The highest BCUT2D eigenvalue weighted by atomic mass is 35.5. The molecule has 0 radical (unpaired) electrons. The maximum Gasteiger partial charge on any atom is 0.321 e. The van der Waals surface area contributed by atoms with Crippen molar-refractivity contribution in [2.24, 2.45) is 0 Å². The molecule has 0 spiro atoms. The van der Waals surface area contributed by atoms with Crippen LogP contribution in [0.4, 0.5) is 10.5 Å². The van der Waals surface area contributed by atoms with Crippen LogP contribution in [0, 0.1) is 6.92 Å². The number of urea groups is 1. The van der Waals surface area contributed by atoms with Crippen LogP contribution in [0.1, 0.15) is 30.9 Å². The molecular formula is C24H29ClN4O3. The average molecular weight is 457 g/mol. The molecule has 0 aliphatic carbocycles. The summed E-state index contributed by atoms with van der Waals surface area (Å²) in [4.78, 5) is 38.8. The number of nitrogens with zero attached hydrogens (tertiary/aromatic N) is 1. The Morgan fingerprint density at radius 2 is 1.81 bits per heavy atom. The van der Waals surface area contributed by atoms with Crippen LogP contribution in [0.15, 0.2) is 48.5 Å². The fourth-order valence-corrected chi connectivity index (χ4v) is 4.00. The minimum absolute atomic E-state index is 0.0550. The number of benzene rings is 2. The Labute approximate surface area is 193 Å². The van der Waals surface area contributed by atoms with Crippen LogP contribution in [-0.4, -0.2) is 47.9 Å². The van der Waals surface area contributed by atoms with Crippen molar-refractivity contribution < 1.29 is 14.4 Å². The fraction of sp³-hybridized carbons (Fsp3) is 0.375. The van der Waals surface area contributed by atoms with Gasteiger partial charge in [-0.05, 0) is 37.5 Å². The van der Waals surface area contributed by atoms with Gasteiger partial charge in [0.15, 0.2) is 0 Å². The lowest BCUT2D eigenvalue weighted by Crippen LogP contribution is -2.53. The third-order valence-electron chi connectivity index (χ3n) is 5.46. The van der Waals surface area contributed by atoms with E-state index in [4.69, 9.17) is 11.6 Å². The summed E-state index contributed by atoms with van der Waals surface area (Å²) >= 11 is 6.11. The number of aryl methyl sites for hydroxylation is 1. The minimum atomic E-state index is -0.643. The van der Waals surface area contributed by atoms with E-state index in [1.165, 1.54) is 6.92 Å². The summed E-state index contributed by atoms with van der Waals surface area (Å²) in [5.74, 6) is -0.454. The second-order valence-electron chi connectivity index (χ2n) is 8.13. The maximum atomic E-state index is 12.9. The van der Waals surface area contributed by atoms with Crippen LogP contribution in [0.5, 0.6) is 0 Å². The van der Waals surface area contributed by atoms with Crippen molar-refractivity contribution in [3.05, 3.63) is 64.7 Å². The highest BCUT2D eigenvalue weighted by Gasteiger charge is 2.27. The van der Waals surface area contributed by atoms with Crippen molar-refractivity contribution in [3.8, 4) is 0 Å². The summed E-state index contributed by atoms with van der Waals surface area (Å²) in [5.41, 5.74) is 2.67. The average Bonchev–Trinajstić information content (AvgIpc) is 2.75. The molecule has 1 atom stereocenters. The van der Waals surface area contributed by atoms with E-state index in [9.17, 15) is 14.4 Å². The Balaban J connectivity index is 1.53. The summed E-state index contributed by atoms with van der Waals surface area (Å²) in [6.07, 6.45) is 1.70. The number of carbonyl (C=O) groups excluding carboxylic acids is 3. The van der Waals surface area contributed by atoms with Gasteiger partial charge in [0.05, 0.1) is 10.7 Å². The molecule has 0 unspecified atom stereocenters. The van der Waals surface area contributed by atoms with Crippen LogP contribution < -0.4 is 16.0 Å². The molecule has 3 rings (SSSR count). The zero-order valence-corrected chi connectivity index (χ0v) is 19.1. The van der Waals surface area contributed by atoms with E-state index in [1.807, 2.05) is 37.3 Å². The Kier molecular flexibility index (Phi) is 8.11. The van der Waals surface area contributed by atoms with Crippen molar-refractivity contribution in [2.45, 2.75) is 45.2 Å². The minimum Gasteiger partial charge on any atom is -0.351 e. The highest BCUT2D eigenvalue weighted by Crippen LogP contribution is 2.21. The van der Waals surface area contributed by atoms with Crippen LogP contribution >= 0.6 is 11.6 Å². The van der Waals surface area contributed by atoms with Gasteiger partial charge in [0.25, 0.3) is 0 Å². The summed E-state index contributed by atoms with van der Waals surface area (Å²) in [5, 5.41) is 9.12. The van der Waals surface area contributed by atoms with Gasteiger partial charge in [-0.1, -0.05) is 53.6 Å². The Morgan fingerprint density at radius 3 is 2.47 bits per heavy atom. The molecule has 170 valence electrons. The fourth-order valence-electron chi connectivity index (χ4n) is 3.81. The molecule has 3 N–H and O–H groups in total. The van der Waals surface area contributed by atoms with Crippen molar-refractivity contribution >= 4 is 35.1 Å². The molecule has 1 saturated heterocycles. The number of piperidine rings is 1. The Bertz CT molecular complexity index is 973. The van der Waals surface area contributed by atoms with Gasteiger partial charge in [-0.25, -0.2) is 4.79 Å². The number of hydrogen-bond donors (Lipinski definition) is 3. The summed E-state index contributed by atoms with van der Waals surface area (Å²) in [6.45, 7) is 4.44. The van der Waals surface area contributed by atoms with Crippen molar-refractivity contribution in [3.63, 3.8) is 0 Å². The van der Waals surface area contributed by atoms with Crippen LogP contribution in [0.3, 0.4) is 0 Å². The van der Waals surface area contributed by atoms with Gasteiger partial charge in [0.1, 0.15) is 6.04 Å². The number of carbonyl (C=O) groups is 3. The van der Waals surface area contributed by atoms with E-state index in [0.717, 1.165) is 11.1 Å². The van der Waals surface area contributed by atoms with Crippen LogP contribution in [0.2, 0.25) is 5.02 Å². The lowest BCUT2D eigenvalue weighted by atomic mass is 10.0. The normalized spacial score (nSPS) is 15.0. The number of rotatable bonds is 6. The number of halogens is 1. The molecule has 4 amide bonds. The molecule has 1 fully saturated rings. The van der Waals surface area contributed by atoms with E-state index in [-0.39, 0.29) is 23.9 Å². The Morgan fingerprint density at radius 1 is 1.09 bits per heavy atom. The van der Waals surface area contributed by atoms with Gasteiger partial charge >= 0.3 is 6.03 Å². The van der Waals surface area contributed by atoms with Gasteiger partial charge in [-0.15, -0.1) is 0 Å². The van der Waals surface area contributed by atoms with Crippen molar-refractivity contribution in [2.75, 3.05) is 18.4 Å². The lowest BCUT2D eigenvalue weighted by Gasteiger charge is -2.33. The first-order valence-electron chi connectivity index (χ1n) is 10.8. The number of para-hydroxylation sites is 1. The first-order chi connectivity index (χ1) is 15.3. The van der Waals surface area contributed by atoms with E-state index < -0.39 is 6.04 Å². The highest BCUT2D eigenvalue weighted by molar-refractivity contribution is 6.33. The summed E-state index contributed by atoms with van der Waals surface area (Å²) in [7, 11) is 0. The molecule has 32 heavy (non-hydrogen) atoms. The smallest absolute Gasteiger partial charge is 0.321 e. The number of anilines is 1. The zero-order chi connectivity index (χ0) is 23.1. The second-order valence-corrected chi connectivity index (χ2v) is 8.53. The summed E-state index contributed by atoms with van der Waals surface area (Å²) in [6, 6.07) is 14.1. The first kappa shape index (κ1) is 23.6. The largest absolute Gasteiger partial charge is 0.351 e. The van der Waals surface area contributed by atoms with Crippen LogP contribution in [0.25, 0.3) is 0 Å². The monoisotopic (exact) mass is 456 g/mol. The molecule has 2 aromatic rings. The molecule has 7 nitrogen and oxygen atoms in total. The van der Waals surface area contributed by atoms with Gasteiger partial charge in [-0.2, -0.15) is 0 Å². The zero-order valence-electron chi connectivity index (χ0n) is 18.4. The SMILES string of the molecule is CC(=O)N[C@@H](Cc1cccc(C)c1)C(=O)NC1CCN(C(=O)Nc2ccccc2Cl)CC1. The van der Waals surface area contributed by atoms with Gasteiger partial charge in [-0.3, -0.25) is 9.59 Å². The first-order valence-corrected chi connectivity index (χ1v) is 11.1. The van der Waals surface area contributed by atoms with Crippen molar-refractivity contribution in [1.82, 2.24) is 15.5 Å². The summed E-state index contributed by atoms with van der Waals surface area (Å²) < 4.78 is 0. The molecule has 0 saturated carbocycles. The number of nitrogens with one attached hydrogen (secondary N) is 3. The van der Waals surface area contributed by atoms with Gasteiger partial charge in [0.2, 0.25) is 11.8 Å². The van der Waals surface area contributed by atoms with E-state index >= 15 is 0 Å². The lowest BCUT2D eigenvalue weighted by molar-refractivity contribution is -0.128. The van der Waals surface area contributed by atoms with Gasteiger partial charge < -0.3 is 20.9 Å². The van der Waals surface area contributed by atoms with Crippen molar-refractivity contribution in [1.29, 1.82) is 0 Å². The third kappa shape index (κ3) is 6.72. The van der Waals surface area contributed by atoms with Gasteiger partial charge in [0, 0.05) is 32.5 Å². The molecule has 1 aliphatic rings. The standard InChI is InChI=1S/C24H29ClN4O3/c1-16-6-5-7-18(14-16)15-22(26-17(2)30)23(31)27-19-10-12-29(13-11-19)24(32)28-21-9-4-3-8-20(21)25/h3-9,14,19,22H,10-13,15H2,1-2H3,(H,26,30)(H,27,31)(H,28,32)/t22-/m0/s1. The number of amides is 4. The third-order valence-corrected chi connectivity index (χ3v) is 5.79. The predicted octanol–water partition coefficient (Wildman–Crippen LogP) is 3.51. The van der Waals surface area contributed by atoms with E-state index in [2.05, 4.69) is 16.0 Å². The van der Waals surface area contributed by atoms with E-state index in [0.29, 0.717) is 43.1 Å². The molecule has 8 heteroatoms. The Hall–Kier alpha value is -3.06. The molecule has 1 aliphatic heterocycles. The molecular weight excluding hydrogens is 428 g/mol. The molecule has 1 heterocycles. The second kappa shape index (κ2) is 11.0.